The van der Waals surface area contributed by atoms with Gasteiger partial charge in [-0.15, -0.1) is 0 Å². The summed E-state index contributed by atoms with van der Waals surface area (Å²) in [6, 6.07) is 3.63. The maximum atomic E-state index is 11.8. The Morgan fingerprint density at radius 2 is 2.20 bits per heavy atom. The molecular weight excluding hydrogens is 258 g/mol. The third-order valence-corrected chi connectivity index (χ3v) is 3.08. The lowest BCUT2D eigenvalue weighted by molar-refractivity contribution is 0.0415. The molecule has 0 aliphatic rings. The summed E-state index contributed by atoms with van der Waals surface area (Å²) in [6.45, 7) is 6.57. The predicted molar refractivity (Wildman–Crippen MR) is 64.2 cm³/mol. The van der Waals surface area contributed by atoms with Crippen LogP contribution in [-0.2, 0) is 4.74 Å². The van der Waals surface area contributed by atoms with E-state index in [2.05, 4.69) is 15.9 Å². The number of hydrogen-bond acceptors (Lipinski definition) is 2. The van der Waals surface area contributed by atoms with Gasteiger partial charge in [0.2, 0.25) is 0 Å². The van der Waals surface area contributed by atoms with Crippen LogP contribution < -0.4 is 5.56 Å². The summed E-state index contributed by atoms with van der Waals surface area (Å²) in [5.41, 5.74) is -0.0171. The van der Waals surface area contributed by atoms with Crippen LogP contribution in [0.5, 0.6) is 0 Å². The van der Waals surface area contributed by atoms with Gasteiger partial charge in [-0.2, -0.15) is 0 Å². The minimum Gasteiger partial charge on any atom is -0.377 e. The first-order valence-corrected chi connectivity index (χ1v) is 5.85. The van der Waals surface area contributed by atoms with Crippen molar-refractivity contribution in [1.82, 2.24) is 4.57 Å². The van der Waals surface area contributed by atoms with Crippen molar-refractivity contribution in [2.75, 3.05) is 6.61 Å². The molecule has 15 heavy (non-hydrogen) atoms. The maximum Gasteiger partial charge on any atom is 0.265 e. The Morgan fingerprint density at radius 3 is 2.80 bits per heavy atom. The Hall–Kier alpha value is -0.610. The number of ether oxygens (including phenoxy) is 1. The van der Waals surface area contributed by atoms with Crippen LogP contribution in [0.4, 0.5) is 0 Å². The fourth-order valence-electron chi connectivity index (χ4n) is 1.43. The average molecular weight is 274 g/mol. The number of nitrogens with zero attached hydrogens (tertiary/aromatic N) is 1. The summed E-state index contributed by atoms with van der Waals surface area (Å²) in [7, 11) is 0. The van der Waals surface area contributed by atoms with E-state index < -0.39 is 0 Å². The zero-order chi connectivity index (χ0) is 11.4. The lowest BCUT2D eigenvalue weighted by Crippen LogP contribution is -2.30. The lowest BCUT2D eigenvalue weighted by atomic mass is 10.2. The fraction of sp³-hybridized carbons (Fsp3) is 0.545. The first-order valence-electron chi connectivity index (χ1n) is 5.06. The standard InChI is InChI=1S/C11H16BrNO2/c1-4-15-9(3)8(2)13-7-5-6-10(12)11(13)14/h5-9H,4H2,1-3H3. The van der Waals surface area contributed by atoms with Gasteiger partial charge in [-0.3, -0.25) is 4.79 Å². The molecule has 0 radical (unpaired) electrons. The van der Waals surface area contributed by atoms with Gasteiger partial charge in [0.25, 0.3) is 5.56 Å². The highest BCUT2D eigenvalue weighted by Gasteiger charge is 2.15. The van der Waals surface area contributed by atoms with Crippen molar-refractivity contribution >= 4 is 15.9 Å². The summed E-state index contributed by atoms with van der Waals surface area (Å²) in [4.78, 5) is 11.8. The number of halogens is 1. The summed E-state index contributed by atoms with van der Waals surface area (Å²) in [6.07, 6.45) is 1.81. The smallest absolute Gasteiger partial charge is 0.265 e. The molecule has 1 heterocycles. The monoisotopic (exact) mass is 273 g/mol. The Balaban J connectivity index is 2.96. The van der Waals surface area contributed by atoms with E-state index in [1.165, 1.54) is 0 Å². The molecule has 0 aliphatic heterocycles. The molecule has 1 rings (SSSR count). The molecule has 0 bridgehead atoms. The van der Waals surface area contributed by atoms with Crippen LogP contribution in [0.15, 0.2) is 27.6 Å². The highest BCUT2D eigenvalue weighted by Crippen LogP contribution is 2.13. The Bertz CT molecular complexity index is 375. The normalized spacial score (nSPS) is 14.9. The summed E-state index contributed by atoms with van der Waals surface area (Å²) < 4.78 is 7.75. The van der Waals surface area contributed by atoms with Crippen LogP contribution >= 0.6 is 15.9 Å². The third-order valence-electron chi connectivity index (χ3n) is 2.48. The zero-order valence-electron chi connectivity index (χ0n) is 9.24. The van der Waals surface area contributed by atoms with E-state index in [-0.39, 0.29) is 17.7 Å². The van der Waals surface area contributed by atoms with E-state index in [0.717, 1.165) is 0 Å². The Labute approximate surface area is 98.2 Å². The minimum absolute atomic E-state index is 0.0171. The summed E-state index contributed by atoms with van der Waals surface area (Å²) in [5, 5.41) is 0. The second-order valence-electron chi connectivity index (χ2n) is 3.47. The molecule has 0 fully saturated rings. The molecule has 2 atom stereocenters. The highest BCUT2D eigenvalue weighted by atomic mass is 79.9. The van der Waals surface area contributed by atoms with Gasteiger partial charge >= 0.3 is 0 Å². The first kappa shape index (κ1) is 12.5. The lowest BCUT2D eigenvalue weighted by Gasteiger charge is -2.22. The van der Waals surface area contributed by atoms with Gasteiger partial charge < -0.3 is 9.30 Å². The minimum atomic E-state index is -0.0171. The van der Waals surface area contributed by atoms with E-state index in [0.29, 0.717) is 11.1 Å². The van der Waals surface area contributed by atoms with Gasteiger partial charge in [0, 0.05) is 12.8 Å². The van der Waals surface area contributed by atoms with Crippen molar-refractivity contribution in [3.63, 3.8) is 0 Å². The molecule has 2 unspecified atom stereocenters. The van der Waals surface area contributed by atoms with Gasteiger partial charge in [0.15, 0.2) is 0 Å². The highest BCUT2D eigenvalue weighted by molar-refractivity contribution is 9.10. The van der Waals surface area contributed by atoms with Gasteiger partial charge in [0.05, 0.1) is 16.6 Å². The average Bonchev–Trinajstić information content (AvgIpc) is 2.21. The van der Waals surface area contributed by atoms with Crippen molar-refractivity contribution in [3.05, 3.63) is 33.2 Å². The second kappa shape index (κ2) is 5.47. The molecule has 0 saturated carbocycles. The van der Waals surface area contributed by atoms with E-state index in [9.17, 15) is 4.79 Å². The molecule has 0 aromatic carbocycles. The Morgan fingerprint density at radius 1 is 1.53 bits per heavy atom. The SMILES string of the molecule is CCOC(C)C(C)n1cccc(Br)c1=O. The van der Waals surface area contributed by atoms with Crippen LogP contribution in [0.3, 0.4) is 0 Å². The largest absolute Gasteiger partial charge is 0.377 e. The van der Waals surface area contributed by atoms with Crippen LogP contribution in [0.2, 0.25) is 0 Å². The molecular formula is C11H16BrNO2. The van der Waals surface area contributed by atoms with Crippen molar-refractivity contribution in [2.45, 2.75) is 32.9 Å². The van der Waals surface area contributed by atoms with Crippen molar-refractivity contribution in [2.24, 2.45) is 0 Å². The third kappa shape index (κ3) is 2.92. The van der Waals surface area contributed by atoms with Crippen LogP contribution in [0, 0.1) is 0 Å². The van der Waals surface area contributed by atoms with Crippen molar-refractivity contribution < 1.29 is 4.74 Å². The molecule has 0 N–H and O–H groups in total. The van der Waals surface area contributed by atoms with Crippen LogP contribution in [0.25, 0.3) is 0 Å². The van der Waals surface area contributed by atoms with Crippen LogP contribution in [0.1, 0.15) is 26.8 Å². The zero-order valence-corrected chi connectivity index (χ0v) is 10.8. The molecule has 0 amide bonds. The topological polar surface area (TPSA) is 31.2 Å². The molecule has 4 heteroatoms. The van der Waals surface area contributed by atoms with Gasteiger partial charge in [-0.25, -0.2) is 0 Å². The summed E-state index contributed by atoms with van der Waals surface area (Å²) >= 11 is 3.23. The predicted octanol–water partition coefficient (Wildman–Crippen LogP) is 2.60. The maximum absolute atomic E-state index is 11.8. The molecule has 3 nitrogen and oxygen atoms in total. The van der Waals surface area contributed by atoms with Gasteiger partial charge in [-0.05, 0) is 48.8 Å². The van der Waals surface area contributed by atoms with Gasteiger partial charge in [0.1, 0.15) is 0 Å². The van der Waals surface area contributed by atoms with Gasteiger partial charge in [-0.1, -0.05) is 0 Å². The molecule has 0 aliphatic carbocycles. The van der Waals surface area contributed by atoms with E-state index >= 15 is 0 Å². The molecule has 1 aromatic rings. The van der Waals surface area contributed by atoms with Crippen molar-refractivity contribution in [1.29, 1.82) is 0 Å². The van der Waals surface area contributed by atoms with E-state index in [4.69, 9.17) is 4.74 Å². The number of pyridine rings is 1. The summed E-state index contributed by atoms with van der Waals surface area (Å²) in [5.74, 6) is 0. The second-order valence-corrected chi connectivity index (χ2v) is 4.32. The quantitative estimate of drug-likeness (QED) is 0.845. The van der Waals surface area contributed by atoms with Crippen LogP contribution in [-0.4, -0.2) is 17.3 Å². The molecule has 0 saturated heterocycles. The molecule has 84 valence electrons. The fourth-order valence-corrected chi connectivity index (χ4v) is 1.79. The number of hydrogen-bond donors (Lipinski definition) is 0. The number of aromatic nitrogens is 1. The molecule has 1 aromatic heterocycles. The first-order chi connectivity index (χ1) is 7.07. The number of rotatable bonds is 4. The molecule has 0 spiro atoms. The van der Waals surface area contributed by atoms with E-state index in [1.54, 1.807) is 16.8 Å². The Kier molecular flexibility index (Phi) is 4.54. The van der Waals surface area contributed by atoms with E-state index in [1.807, 2.05) is 26.8 Å². The van der Waals surface area contributed by atoms with Crippen molar-refractivity contribution in [3.8, 4) is 0 Å².